The summed E-state index contributed by atoms with van der Waals surface area (Å²) in [4.78, 5) is 6.72. The molecule has 1 unspecified atom stereocenters. The number of morpholine rings is 1. The molecule has 0 saturated carbocycles. The van der Waals surface area contributed by atoms with Gasteiger partial charge in [-0.15, -0.1) is 0 Å². The minimum Gasteiger partial charge on any atom is -0.397 e. The minimum atomic E-state index is 0.355. The van der Waals surface area contributed by atoms with Gasteiger partial charge in [0.15, 0.2) is 0 Å². The van der Waals surface area contributed by atoms with Crippen molar-refractivity contribution in [2.24, 2.45) is 0 Å². The molecule has 4 heteroatoms. The summed E-state index contributed by atoms with van der Waals surface area (Å²) in [5.41, 5.74) is 7.43. The summed E-state index contributed by atoms with van der Waals surface area (Å²) < 4.78 is 5.50. The third-order valence-corrected chi connectivity index (χ3v) is 2.86. The zero-order valence-corrected chi connectivity index (χ0v) is 9.72. The fourth-order valence-corrected chi connectivity index (χ4v) is 1.95. The number of pyridine rings is 1. The summed E-state index contributed by atoms with van der Waals surface area (Å²) in [7, 11) is 0. The van der Waals surface area contributed by atoms with E-state index in [4.69, 9.17) is 10.5 Å². The molecular weight excluding hydrogens is 202 g/mol. The summed E-state index contributed by atoms with van der Waals surface area (Å²) in [5, 5.41) is 0. The Hall–Kier alpha value is -1.13. The van der Waals surface area contributed by atoms with Gasteiger partial charge in [0.05, 0.1) is 24.6 Å². The van der Waals surface area contributed by atoms with Gasteiger partial charge >= 0.3 is 0 Å². The van der Waals surface area contributed by atoms with Crippen LogP contribution in [-0.2, 0) is 11.2 Å². The number of anilines is 1. The third-order valence-electron chi connectivity index (χ3n) is 2.86. The van der Waals surface area contributed by atoms with E-state index in [0.29, 0.717) is 6.10 Å². The molecule has 0 aliphatic carbocycles. The van der Waals surface area contributed by atoms with Crippen molar-refractivity contribution in [2.75, 3.05) is 32.0 Å². The van der Waals surface area contributed by atoms with Gasteiger partial charge in [-0.3, -0.25) is 9.88 Å². The van der Waals surface area contributed by atoms with E-state index < -0.39 is 0 Å². The second-order valence-electron chi connectivity index (χ2n) is 4.31. The quantitative estimate of drug-likeness (QED) is 0.825. The number of hydrogen-bond acceptors (Lipinski definition) is 4. The van der Waals surface area contributed by atoms with Crippen molar-refractivity contribution in [3.63, 3.8) is 0 Å². The normalized spacial score (nSPS) is 22.2. The maximum Gasteiger partial charge on any atom is 0.0674 e. The van der Waals surface area contributed by atoms with Gasteiger partial charge in [-0.2, -0.15) is 0 Å². The molecule has 2 rings (SSSR count). The summed E-state index contributed by atoms with van der Waals surface area (Å²) in [6.07, 6.45) is 3.05. The highest BCUT2D eigenvalue weighted by atomic mass is 16.5. The maximum absolute atomic E-state index is 5.59. The monoisotopic (exact) mass is 221 g/mol. The van der Waals surface area contributed by atoms with Crippen LogP contribution in [0.25, 0.3) is 0 Å². The van der Waals surface area contributed by atoms with Gasteiger partial charge in [0.25, 0.3) is 0 Å². The Morgan fingerprint density at radius 3 is 3.12 bits per heavy atom. The van der Waals surface area contributed by atoms with Gasteiger partial charge in [0.2, 0.25) is 0 Å². The molecule has 0 spiro atoms. The van der Waals surface area contributed by atoms with Crippen LogP contribution in [0.3, 0.4) is 0 Å². The number of rotatable bonds is 3. The van der Waals surface area contributed by atoms with Gasteiger partial charge in [-0.05, 0) is 19.1 Å². The second kappa shape index (κ2) is 5.27. The predicted octanol–water partition coefficient (Wildman–Crippen LogP) is 0.927. The molecule has 0 bridgehead atoms. The molecule has 16 heavy (non-hydrogen) atoms. The van der Waals surface area contributed by atoms with Gasteiger partial charge in [0, 0.05) is 31.7 Å². The Labute approximate surface area is 96.4 Å². The van der Waals surface area contributed by atoms with E-state index >= 15 is 0 Å². The van der Waals surface area contributed by atoms with E-state index in [1.807, 2.05) is 12.1 Å². The highest BCUT2D eigenvalue weighted by molar-refractivity contribution is 5.34. The summed E-state index contributed by atoms with van der Waals surface area (Å²) in [5.74, 6) is 0. The molecule has 1 aromatic heterocycles. The Balaban J connectivity index is 1.80. The van der Waals surface area contributed by atoms with Crippen LogP contribution in [-0.4, -0.2) is 42.2 Å². The lowest BCUT2D eigenvalue weighted by molar-refractivity contribution is -0.0178. The van der Waals surface area contributed by atoms with Crippen molar-refractivity contribution in [1.82, 2.24) is 9.88 Å². The Morgan fingerprint density at radius 1 is 1.56 bits per heavy atom. The standard InChI is InChI=1S/C12H19N3O/c1-10-9-15(6-7-16-10)5-4-12-3-2-11(13)8-14-12/h2-3,8,10H,4-7,9,13H2,1H3. The van der Waals surface area contributed by atoms with Crippen molar-refractivity contribution >= 4 is 5.69 Å². The summed E-state index contributed by atoms with van der Waals surface area (Å²) >= 11 is 0. The highest BCUT2D eigenvalue weighted by Crippen LogP contribution is 2.07. The first-order chi connectivity index (χ1) is 7.74. The number of nitrogens with zero attached hydrogens (tertiary/aromatic N) is 2. The minimum absolute atomic E-state index is 0.355. The second-order valence-corrected chi connectivity index (χ2v) is 4.31. The van der Waals surface area contributed by atoms with Crippen LogP contribution < -0.4 is 5.73 Å². The lowest BCUT2D eigenvalue weighted by Crippen LogP contribution is -2.41. The molecular formula is C12H19N3O. The van der Waals surface area contributed by atoms with E-state index in [1.165, 1.54) is 0 Å². The average molecular weight is 221 g/mol. The SMILES string of the molecule is CC1CN(CCc2ccc(N)cn2)CCO1. The maximum atomic E-state index is 5.59. The van der Waals surface area contributed by atoms with Gasteiger partial charge < -0.3 is 10.5 Å². The molecule has 1 saturated heterocycles. The summed E-state index contributed by atoms with van der Waals surface area (Å²) in [6.45, 7) is 6.06. The zero-order chi connectivity index (χ0) is 11.4. The number of nitrogens with two attached hydrogens (primary N) is 1. The summed E-state index contributed by atoms with van der Waals surface area (Å²) in [6, 6.07) is 3.91. The van der Waals surface area contributed by atoms with Crippen LogP contribution in [0, 0.1) is 0 Å². The van der Waals surface area contributed by atoms with E-state index in [2.05, 4.69) is 16.8 Å². The molecule has 88 valence electrons. The van der Waals surface area contributed by atoms with E-state index in [1.54, 1.807) is 6.20 Å². The van der Waals surface area contributed by atoms with Crippen LogP contribution in [0.1, 0.15) is 12.6 Å². The average Bonchev–Trinajstić information content (AvgIpc) is 2.28. The van der Waals surface area contributed by atoms with E-state index in [0.717, 1.165) is 44.0 Å². The lowest BCUT2D eigenvalue weighted by Gasteiger charge is -2.30. The van der Waals surface area contributed by atoms with Crippen LogP contribution >= 0.6 is 0 Å². The molecule has 1 aliphatic rings. The van der Waals surface area contributed by atoms with Crippen LogP contribution in [0.5, 0.6) is 0 Å². The van der Waals surface area contributed by atoms with Crippen LogP contribution in [0.4, 0.5) is 5.69 Å². The molecule has 0 aromatic carbocycles. The Bertz CT molecular complexity index is 326. The molecule has 2 heterocycles. The fourth-order valence-electron chi connectivity index (χ4n) is 1.95. The predicted molar refractivity (Wildman–Crippen MR) is 64.2 cm³/mol. The lowest BCUT2D eigenvalue weighted by atomic mass is 10.2. The molecule has 1 aliphatic heterocycles. The van der Waals surface area contributed by atoms with Crippen molar-refractivity contribution in [1.29, 1.82) is 0 Å². The largest absolute Gasteiger partial charge is 0.397 e. The molecule has 4 nitrogen and oxygen atoms in total. The van der Waals surface area contributed by atoms with Gasteiger partial charge in [-0.1, -0.05) is 0 Å². The Kier molecular flexibility index (Phi) is 3.74. The topological polar surface area (TPSA) is 51.4 Å². The first kappa shape index (κ1) is 11.4. The van der Waals surface area contributed by atoms with E-state index in [9.17, 15) is 0 Å². The first-order valence-corrected chi connectivity index (χ1v) is 5.78. The van der Waals surface area contributed by atoms with Gasteiger partial charge in [-0.25, -0.2) is 0 Å². The highest BCUT2D eigenvalue weighted by Gasteiger charge is 2.15. The number of nitrogen functional groups attached to an aromatic ring is 1. The molecule has 1 aromatic rings. The van der Waals surface area contributed by atoms with Crippen molar-refractivity contribution in [3.05, 3.63) is 24.0 Å². The molecule has 0 radical (unpaired) electrons. The van der Waals surface area contributed by atoms with Crippen molar-refractivity contribution in [3.8, 4) is 0 Å². The Morgan fingerprint density at radius 2 is 2.44 bits per heavy atom. The zero-order valence-electron chi connectivity index (χ0n) is 9.72. The number of aromatic nitrogens is 1. The third kappa shape index (κ3) is 3.18. The van der Waals surface area contributed by atoms with Crippen molar-refractivity contribution in [2.45, 2.75) is 19.4 Å². The molecule has 1 fully saturated rings. The van der Waals surface area contributed by atoms with Crippen LogP contribution in [0.2, 0.25) is 0 Å². The van der Waals surface area contributed by atoms with Crippen LogP contribution in [0.15, 0.2) is 18.3 Å². The fraction of sp³-hybridized carbons (Fsp3) is 0.583. The molecule has 2 N–H and O–H groups in total. The number of hydrogen-bond donors (Lipinski definition) is 1. The van der Waals surface area contributed by atoms with Crippen molar-refractivity contribution < 1.29 is 4.74 Å². The first-order valence-electron chi connectivity index (χ1n) is 5.78. The molecule has 1 atom stereocenters. The van der Waals surface area contributed by atoms with E-state index in [-0.39, 0.29) is 0 Å². The van der Waals surface area contributed by atoms with Gasteiger partial charge in [0.1, 0.15) is 0 Å². The molecule has 0 amide bonds. The smallest absolute Gasteiger partial charge is 0.0674 e. The number of ether oxygens (including phenoxy) is 1.